The van der Waals surface area contributed by atoms with Gasteiger partial charge in [-0.1, -0.05) is 22.0 Å². The normalized spacial score (nSPS) is 10.5. The van der Waals surface area contributed by atoms with Crippen molar-refractivity contribution in [3.63, 3.8) is 0 Å². The molecule has 0 saturated heterocycles. The molecule has 14 heavy (non-hydrogen) atoms. The van der Waals surface area contributed by atoms with Crippen LogP contribution in [-0.2, 0) is 7.05 Å². The summed E-state index contributed by atoms with van der Waals surface area (Å²) in [5.41, 5.74) is 2.31. The topological polar surface area (TPSA) is 30.7 Å². The van der Waals surface area contributed by atoms with E-state index < -0.39 is 0 Å². The average Bonchev–Trinajstić information content (AvgIpc) is 2.56. The molecular formula is C10H10BrN3. The van der Waals surface area contributed by atoms with Gasteiger partial charge in [-0.15, -0.1) is 10.2 Å². The molecule has 1 heterocycles. The maximum Gasteiger partial charge on any atom is 0.163 e. The van der Waals surface area contributed by atoms with Gasteiger partial charge in [0.1, 0.15) is 6.33 Å². The van der Waals surface area contributed by atoms with E-state index in [1.54, 1.807) is 6.33 Å². The molecule has 2 rings (SSSR count). The second kappa shape index (κ2) is 3.53. The molecule has 0 aliphatic rings. The summed E-state index contributed by atoms with van der Waals surface area (Å²) in [6.07, 6.45) is 1.70. The first-order valence-corrected chi connectivity index (χ1v) is 5.08. The highest BCUT2D eigenvalue weighted by atomic mass is 79.9. The van der Waals surface area contributed by atoms with Crippen LogP contribution in [0.15, 0.2) is 29.0 Å². The summed E-state index contributed by atoms with van der Waals surface area (Å²) in [7, 11) is 1.94. The van der Waals surface area contributed by atoms with E-state index in [1.807, 2.05) is 17.7 Å². The Morgan fingerprint density at radius 3 is 2.79 bits per heavy atom. The van der Waals surface area contributed by atoms with Crippen LogP contribution in [0.25, 0.3) is 11.4 Å². The molecule has 0 N–H and O–H groups in total. The second-order valence-electron chi connectivity index (χ2n) is 3.22. The summed E-state index contributed by atoms with van der Waals surface area (Å²) < 4.78 is 2.97. The highest BCUT2D eigenvalue weighted by molar-refractivity contribution is 9.10. The van der Waals surface area contributed by atoms with Crippen LogP contribution in [0.2, 0.25) is 0 Å². The number of hydrogen-bond acceptors (Lipinski definition) is 2. The SMILES string of the molecule is Cc1ccc(Br)cc1-c1nncn1C. The molecule has 1 aromatic heterocycles. The third kappa shape index (κ3) is 1.57. The summed E-state index contributed by atoms with van der Waals surface area (Å²) in [5, 5.41) is 7.95. The van der Waals surface area contributed by atoms with E-state index in [0.717, 1.165) is 15.9 Å². The lowest BCUT2D eigenvalue weighted by molar-refractivity contribution is 0.918. The number of benzene rings is 1. The molecule has 4 heteroatoms. The van der Waals surface area contributed by atoms with Gasteiger partial charge in [-0.2, -0.15) is 0 Å². The molecule has 0 atom stereocenters. The number of rotatable bonds is 1. The Bertz CT molecular complexity index is 462. The van der Waals surface area contributed by atoms with Crippen LogP contribution in [-0.4, -0.2) is 14.8 Å². The van der Waals surface area contributed by atoms with E-state index in [1.165, 1.54) is 5.56 Å². The van der Waals surface area contributed by atoms with Crippen molar-refractivity contribution in [1.82, 2.24) is 14.8 Å². The van der Waals surface area contributed by atoms with Crippen molar-refractivity contribution < 1.29 is 0 Å². The molecule has 0 bridgehead atoms. The zero-order valence-electron chi connectivity index (χ0n) is 8.03. The molecule has 0 aliphatic carbocycles. The monoisotopic (exact) mass is 251 g/mol. The lowest BCUT2D eigenvalue weighted by Crippen LogP contribution is -1.93. The standard InChI is InChI=1S/C10H10BrN3/c1-7-3-4-8(11)5-9(7)10-13-12-6-14(10)2/h3-6H,1-2H3. The van der Waals surface area contributed by atoms with Gasteiger partial charge in [0.2, 0.25) is 0 Å². The van der Waals surface area contributed by atoms with Crippen molar-refractivity contribution in [2.24, 2.45) is 7.05 Å². The number of aryl methyl sites for hydroxylation is 2. The molecule has 72 valence electrons. The summed E-state index contributed by atoms with van der Waals surface area (Å²) in [4.78, 5) is 0. The molecule has 3 nitrogen and oxygen atoms in total. The first-order chi connectivity index (χ1) is 6.68. The van der Waals surface area contributed by atoms with E-state index in [0.29, 0.717) is 0 Å². The van der Waals surface area contributed by atoms with Crippen LogP contribution >= 0.6 is 15.9 Å². The molecule has 2 aromatic rings. The van der Waals surface area contributed by atoms with Crippen LogP contribution in [0.4, 0.5) is 0 Å². The predicted molar refractivity (Wildman–Crippen MR) is 58.9 cm³/mol. The van der Waals surface area contributed by atoms with E-state index in [9.17, 15) is 0 Å². The minimum Gasteiger partial charge on any atom is -0.317 e. The van der Waals surface area contributed by atoms with E-state index in [4.69, 9.17) is 0 Å². The first-order valence-electron chi connectivity index (χ1n) is 4.29. The van der Waals surface area contributed by atoms with Crippen molar-refractivity contribution in [3.05, 3.63) is 34.6 Å². The Hall–Kier alpha value is -1.16. The minimum atomic E-state index is 0.892. The van der Waals surface area contributed by atoms with Gasteiger partial charge in [0.05, 0.1) is 0 Å². The number of nitrogens with zero attached hydrogens (tertiary/aromatic N) is 3. The lowest BCUT2D eigenvalue weighted by Gasteiger charge is -2.04. The van der Waals surface area contributed by atoms with Crippen LogP contribution in [0.5, 0.6) is 0 Å². The molecule has 0 saturated carbocycles. The molecule has 0 spiro atoms. The fourth-order valence-corrected chi connectivity index (χ4v) is 1.72. The number of aromatic nitrogens is 3. The van der Waals surface area contributed by atoms with E-state index >= 15 is 0 Å². The van der Waals surface area contributed by atoms with Gasteiger partial charge >= 0.3 is 0 Å². The molecule has 0 amide bonds. The zero-order valence-corrected chi connectivity index (χ0v) is 9.62. The third-order valence-corrected chi connectivity index (χ3v) is 2.65. The van der Waals surface area contributed by atoms with Crippen molar-refractivity contribution in [3.8, 4) is 11.4 Å². The third-order valence-electron chi connectivity index (χ3n) is 2.15. The number of halogens is 1. The minimum absolute atomic E-state index is 0.892. The Morgan fingerprint density at radius 2 is 2.14 bits per heavy atom. The number of hydrogen-bond donors (Lipinski definition) is 0. The quantitative estimate of drug-likeness (QED) is 0.780. The summed E-state index contributed by atoms with van der Waals surface area (Å²) >= 11 is 3.45. The fraction of sp³-hybridized carbons (Fsp3) is 0.200. The Kier molecular flexibility index (Phi) is 2.37. The van der Waals surface area contributed by atoms with E-state index in [-0.39, 0.29) is 0 Å². The summed E-state index contributed by atoms with van der Waals surface area (Å²) in [5.74, 6) is 0.892. The van der Waals surface area contributed by atoms with Crippen LogP contribution in [0, 0.1) is 6.92 Å². The van der Waals surface area contributed by atoms with Crippen LogP contribution < -0.4 is 0 Å². The first kappa shape index (κ1) is 9.40. The van der Waals surface area contributed by atoms with Gasteiger partial charge in [-0.05, 0) is 24.6 Å². The predicted octanol–water partition coefficient (Wildman–Crippen LogP) is 2.55. The van der Waals surface area contributed by atoms with Gasteiger partial charge in [0, 0.05) is 17.1 Å². The van der Waals surface area contributed by atoms with Crippen molar-refractivity contribution in [2.75, 3.05) is 0 Å². The molecule has 0 unspecified atom stereocenters. The zero-order chi connectivity index (χ0) is 10.1. The van der Waals surface area contributed by atoms with Crippen molar-refractivity contribution >= 4 is 15.9 Å². The fourth-order valence-electron chi connectivity index (χ4n) is 1.36. The largest absolute Gasteiger partial charge is 0.317 e. The van der Waals surface area contributed by atoms with Gasteiger partial charge in [-0.25, -0.2) is 0 Å². The molecule has 1 aromatic carbocycles. The summed E-state index contributed by atoms with van der Waals surface area (Å²) in [6.45, 7) is 2.07. The highest BCUT2D eigenvalue weighted by Gasteiger charge is 2.07. The van der Waals surface area contributed by atoms with Gasteiger partial charge in [-0.3, -0.25) is 0 Å². The molecule has 0 aliphatic heterocycles. The maximum absolute atomic E-state index is 4.08. The van der Waals surface area contributed by atoms with Crippen LogP contribution in [0.3, 0.4) is 0 Å². The van der Waals surface area contributed by atoms with Gasteiger partial charge < -0.3 is 4.57 Å². The smallest absolute Gasteiger partial charge is 0.163 e. The van der Waals surface area contributed by atoms with E-state index in [2.05, 4.69) is 45.2 Å². The average molecular weight is 252 g/mol. The molecule has 0 fully saturated rings. The van der Waals surface area contributed by atoms with Crippen LogP contribution in [0.1, 0.15) is 5.56 Å². The highest BCUT2D eigenvalue weighted by Crippen LogP contribution is 2.24. The Morgan fingerprint density at radius 1 is 1.36 bits per heavy atom. The lowest BCUT2D eigenvalue weighted by atomic mass is 10.1. The Labute approximate surface area is 90.9 Å². The second-order valence-corrected chi connectivity index (χ2v) is 4.14. The van der Waals surface area contributed by atoms with Crippen molar-refractivity contribution in [1.29, 1.82) is 0 Å². The van der Waals surface area contributed by atoms with Crippen molar-refractivity contribution in [2.45, 2.75) is 6.92 Å². The van der Waals surface area contributed by atoms with Gasteiger partial charge in [0.25, 0.3) is 0 Å². The molecule has 0 radical (unpaired) electrons. The van der Waals surface area contributed by atoms with Gasteiger partial charge in [0.15, 0.2) is 5.82 Å². The summed E-state index contributed by atoms with van der Waals surface area (Å²) in [6, 6.07) is 6.14. The Balaban J connectivity index is 2.62. The maximum atomic E-state index is 4.08. The molecular weight excluding hydrogens is 242 g/mol.